The molecule has 1 amide bonds. The minimum atomic E-state index is -4.61. The fourth-order valence-corrected chi connectivity index (χ4v) is 5.36. The second kappa shape index (κ2) is 8.38. The molecule has 0 unspecified atom stereocenters. The number of ether oxygens (including phenoxy) is 2. The van der Waals surface area contributed by atoms with Crippen LogP contribution in [0.1, 0.15) is 36.1 Å². The number of nitrogens with two attached hydrogens (primary N) is 1. The number of fused-ring (bicyclic) bond motifs is 1. The van der Waals surface area contributed by atoms with Crippen molar-refractivity contribution in [1.82, 2.24) is 24.6 Å². The summed E-state index contributed by atoms with van der Waals surface area (Å²) in [7, 11) is -3.23. The van der Waals surface area contributed by atoms with Crippen molar-refractivity contribution in [1.29, 1.82) is 0 Å². The molecule has 182 valence electrons. The van der Waals surface area contributed by atoms with Crippen LogP contribution in [-0.4, -0.2) is 63.2 Å². The first kappa shape index (κ1) is 23.7. The average molecular weight is 500 g/mol. The molecule has 3 aromatic rings. The predicted octanol–water partition coefficient (Wildman–Crippen LogP) is 1.82. The van der Waals surface area contributed by atoms with Gasteiger partial charge in [0.1, 0.15) is 9.84 Å². The van der Waals surface area contributed by atoms with E-state index in [1.807, 2.05) is 0 Å². The second-order valence-corrected chi connectivity index (χ2v) is 10.3. The quantitative estimate of drug-likeness (QED) is 0.534. The van der Waals surface area contributed by atoms with E-state index in [0.717, 1.165) is 6.20 Å². The molecule has 1 saturated heterocycles. The van der Waals surface area contributed by atoms with Crippen molar-refractivity contribution in [3.8, 4) is 17.5 Å². The van der Waals surface area contributed by atoms with Crippen LogP contribution in [0.2, 0.25) is 0 Å². The normalized spacial score (nSPS) is 17.4. The van der Waals surface area contributed by atoms with E-state index in [0.29, 0.717) is 5.69 Å². The Bertz CT molecular complexity index is 1340. The van der Waals surface area contributed by atoms with E-state index >= 15 is 0 Å². The highest BCUT2D eigenvalue weighted by atomic mass is 32.2. The zero-order chi connectivity index (χ0) is 24.7. The molecule has 0 aromatic carbocycles. The van der Waals surface area contributed by atoms with Crippen LogP contribution in [0.5, 0.6) is 17.5 Å². The number of hydrogen-bond donors (Lipinski definition) is 1. The topological polar surface area (TPSA) is 152 Å². The number of primary amides is 1. The van der Waals surface area contributed by atoms with Gasteiger partial charge in [-0.15, -0.1) is 5.10 Å². The molecule has 2 N–H and O–H groups in total. The Kier molecular flexibility index (Phi) is 5.83. The lowest BCUT2D eigenvalue weighted by Gasteiger charge is -2.34. The third-order valence-corrected chi connectivity index (χ3v) is 7.05. The molecule has 1 fully saturated rings. The van der Waals surface area contributed by atoms with E-state index in [2.05, 4.69) is 20.1 Å². The number of carbonyl (C=O) groups is 1. The first-order chi connectivity index (χ1) is 15.9. The molecule has 15 heteroatoms. The standard InChI is InChI=1S/C19H19F3N6O5S/c1-18(4-8-34(30,31)9-5-18)13-11(2-3-12-26-15(14(23)29)27-28(12)13)33-17-16(24-6-7-25-17)32-10-19(20,21)22/h2-3,6-7H,4-5,8-10H2,1H3,(H2,23,29). The molecular weight excluding hydrogens is 481 g/mol. The Labute approximate surface area is 191 Å². The summed E-state index contributed by atoms with van der Waals surface area (Å²) in [5.41, 5.74) is 5.11. The van der Waals surface area contributed by atoms with Crippen LogP contribution < -0.4 is 15.2 Å². The van der Waals surface area contributed by atoms with Gasteiger partial charge in [-0.2, -0.15) is 13.2 Å². The zero-order valence-electron chi connectivity index (χ0n) is 17.7. The Morgan fingerprint density at radius 2 is 1.82 bits per heavy atom. The first-order valence-corrected chi connectivity index (χ1v) is 11.8. The van der Waals surface area contributed by atoms with Gasteiger partial charge in [-0.1, -0.05) is 6.92 Å². The number of halogens is 3. The Hall–Kier alpha value is -3.49. The van der Waals surface area contributed by atoms with Gasteiger partial charge in [0.25, 0.3) is 17.7 Å². The number of carbonyl (C=O) groups excluding carboxylic acids is 1. The maximum absolute atomic E-state index is 12.6. The molecule has 0 spiro atoms. The fourth-order valence-electron chi connectivity index (χ4n) is 3.63. The summed E-state index contributed by atoms with van der Waals surface area (Å²) >= 11 is 0. The third kappa shape index (κ3) is 4.88. The highest BCUT2D eigenvalue weighted by Crippen LogP contribution is 2.42. The molecule has 0 aliphatic carbocycles. The molecule has 0 bridgehead atoms. The number of aromatic nitrogens is 5. The monoisotopic (exact) mass is 500 g/mol. The molecule has 34 heavy (non-hydrogen) atoms. The number of alkyl halides is 3. The van der Waals surface area contributed by atoms with Crippen molar-refractivity contribution < 1.29 is 35.9 Å². The predicted molar refractivity (Wildman–Crippen MR) is 110 cm³/mol. The molecule has 4 rings (SSSR count). The second-order valence-electron chi connectivity index (χ2n) is 8.00. The molecular formula is C19H19F3N6O5S. The summed E-state index contributed by atoms with van der Waals surface area (Å²) in [5, 5.41) is 4.15. The van der Waals surface area contributed by atoms with Crippen molar-refractivity contribution in [2.24, 2.45) is 5.73 Å². The molecule has 1 aliphatic heterocycles. The summed E-state index contributed by atoms with van der Waals surface area (Å²) in [6.45, 7) is 0.196. The van der Waals surface area contributed by atoms with Crippen LogP contribution in [0.4, 0.5) is 13.2 Å². The smallest absolute Gasteiger partial charge is 0.422 e. The van der Waals surface area contributed by atoms with Gasteiger partial charge in [0, 0.05) is 17.8 Å². The highest BCUT2D eigenvalue weighted by molar-refractivity contribution is 7.91. The van der Waals surface area contributed by atoms with Crippen LogP contribution in [-0.2, 0) is 15.3 Å². The van der Waals surface area contributed by atoms with Gasteiger partial charge in [0.15, 0.2) is 18.0 Å². The van der Waals surface area contributed by atoms with E-state index in [-0.39, 0.29) is 47.4 Å². The molecule has 11 nitrogen and oxygen atoms in total. The minimum Gasteiger partial charge on any atom is -0.464 e. The molecule has 1 aliphatic rings. The summed E-state index contributed by atoms with van der Waals surface area (Å²) in [6, 6.07) is 2.94. The Morgan fingerprint density at radius 3 is 2.44 bits per heavy atom. The van der Waals surface area contributed by atoms with Crippen LogP contribution in [0, 0.1) is 0 Å². The number of pyridine rings is 1. The fraction of sp³-hybridized carbons (Fsp3) is 0.421. The van der Waals surface area contributed by atoms with E-state index in [9.17, 15) is 26.4 Å². The largest absolute Gasteiger partial charge is 0.464 e. The minimum absolute atomic E-state index is 0.0954. The maximum atomic E-state index is 12.6. The van der Waals surface area contributed by atoms with Crippen LogP contribution in [0.25, 0.3) is 5.65 Å². The number of hydrogen-bond acceptors (Lipinski definition) is 9. The van der Waals surface area contributed by atoms with E-state index < -0.39 is 39.8 Å². The Morgan fingerprint density at radius 1 is 1.18 bits per heavy atom. The van der Waals surface area contributed by atoms with Gasteiger partial charge in [-0.05, 0) is 25.0 Å². The highest BCUT2D eigenvalue weighted by Gasteiger charge is 2.40. The van der Waals surface area contributed by atoms with Crippen molar-refractivity contribution in [2.75, 3.05) is 18.1 Å². The zero-order valence-corrected chi connectivity index (χ0v) is 18.6. The molecule has 3 aromatic heterocycles. The van der Waals surface area contributed by atoms with Crippen molar-refractivity contribution in [3.63, 3.8) is 0 Å². The first-order valence-electron chi connectivity index (χ1n) is 9.96. The summed E-state index contributed by atoms with van der Waals surface area (Å²) in [6.07, 6.45) is -1.84. The van der Waals surface area contributed by atoms with E-state index in [1.165, 1.54) is 22.8 Å². The summed E-state index contributed by atoms with van der Waals surface area (Å²) in [4.78, 5) is 23.4. The summed E-state index contributed by atoms with van der Waals surface area (Å²) in [5.74, 6) is -2.05. The molecule has 0 saturated carbocycles. The van der Waals surface area contributed by atoms with Gasteiger partial charge in [-0.3, -0.25) is 4.79 Å². The number of rotatable bonds is 6. The van der Waals surface area contributed by atoms with Gasteiger partial charge < -0.3 is 15.2 Å². The lowest BCUT2D eigenvalue weighted by molar-refractivity contribution is -0.154. The lowest BCUT2D eigenvalue weighted by atomic mass is 9.80. The van der Waals surface area contributed by atoms with Gasteiger partial charge in [0.05, 0.1) is 17.2 Å². The number of nitrogens with zero attached hydrogens (tertiary/aromatic N) is 5. The van der Waals surface area contributed by atoms with Crippen LogP contribution in [0.3, 0.4) is 0 Å². The van der Waals surface area contributed by atoms with Gasteiger partial charge in [0.2, 0.25) is 5.82 Å². The average Bonchev–Trinajstić information content (AvgIpc) is 3.19. The van der Waals surface area contributed by atoms with Crippen LogP contribution in [0.15, 0.2) is 24.5 Å². The van der Waals surface area contributed by atoms with Crippen LogP contribution >= 0.6 is 0 Å². The molecule has 0 radical (unpaired) electrons. The van der Waals surface area contributed by atoms with Crippen molar-refractivity contribution in [2.45, 2.75) is 31.4 Å². The van der Waals surface area contributed by atoms with E-state index in [1.54, 1.807) is 6.92 Å². The summed E-state index contributed by atoms with van der Waals surface area (Å²) < 4.78 is 73.9. The number of sulfone groups is 1. The number of amides is 1. The molecule has 4 heterocycles. The van der Waals surface area contributed by atoms with Crippen molar-refractivity contribution >= 4 is 21.4 Å². The Balaban J connectivity index is 1.81. The van der Waals surface area contributed by atoms with Gasteiger partial charge >= 0.3 is 6.18 Å². The maximum Gasteiger partial charge on any atom is 0.422 e. The third-order valence-electron chi connectivity index (χ3n) is 5.40. The SMILES string of the molecule is CC1(c2c(Oc3nccnc3OCC(F)(F)F)ccc3nc(C(N)=O)nn23)CCS(=O)(=O)CC1. The lowest BCUT2D eigenvalue weighted by Crippen LogP contribution is -2.36. The van der Waals surface area contributed by atoms with E-state index in [4.69, 9.17) is 15.2 Å². The van der Waals surface area contributed by atoms with Crippen molar-refractivity contribution in [3.05, 3.63) is 36.0 Å². The van der Waals surface area contributed by atoms with Gasteiger partial charge in [-0.25, -0.2) is 27.9 Å². The molecule has 0 atom stereocenters.